The van der Waals surface area contributed by atoms with Crippen LogP contribution < -0.4 is 5.32 Å². The Labute approximate surface area is 163 Å². The van der Waals surface area contributed by atoms with Crippen molar-refractivity contribution >= 4 is 35.0 Å². The monoisotopic (exact) mass is 393 g/mol. The molecule has 2 heterocycles. The van der Waals surface area contributed by atoms with Crippen LogP contribution in [-0.2, 0) is 14.3 Å². The molecule has 0 aromatic heterocycles. The maximum Gasteiger partial charge on any atom is 0.255 e. The summed E-state index contributed by atoms with van der Waals surface area (Å²) in [4.78, 5) is 40.6. The fraction of sp³-hybridized carbons (Fsp3) is 0.526. The van der Waals surface area contributed by atoms with Gasteiger partial charge in [0.15, 0.2) is 0 Å². The van der Waals surface area contributed by atoms with E-state index in [0.29, 0.717) is 55.5 Å². The number of benzene rings is 1. The Morgan fingerprint density at radius 2 is 2.04 bits per heavy atom. The molecule has 146 valence electrons. The Morgan fingerprint density at radius 1 is 1.30 bits per heavy atom. The highest BCUT2D eigenvalue weighted by atomic mass is 35.5. The molecule has 1 atom stereocenters. The van der Waals surface area contributed by atoms with Gasteiger partial charge in [-0.15, -0.1) is 0 Å². The zero-order valence-electron chi connectivity index (χ0n) is 15.6. The van der Waals surface area contributed by atoms with E-state index in [0.717, 1.165) is 6.42 Å². The summed E-state index contributed by atoms with van der Waals surface area (Å²) in [5, 5.41) is 2.99. The van der Waals surface area contributed by atoms with Crippen LogP contribution in [0.3, 0.4) is 0 Å². The smallest absolute Gasteiger partial charge is 0.255 e. The van der Waals surface area contributed by atoms with Gasteiger partial charge in [0.2, 0.25) is 11.8 Å². The van der Waals surface area contributed by atoms with E-state index in [4.69, 9.17) is 16.3 Å². The minimum atomic E-state index is -0.495. The van der Waals surface area contributed by atoms with Crippen LogP contribution in [0.4, 0.5) is 5.69 Å². The number of hydrogen-bond acceptors (Lipinski definition) is 4. The molecule has 1 unspecified atom stereocenters. The van der Waals surface area contributed by atoms with Gasteiger partial charge in [0, 0.05) is 45.9 Å². The average molecular weight is 394 g/mol. The summed E-state index contributed by atoms with van der Waals surface area (Å²) in [5.41, 5.74) is 0.360. The first-order chi connectivity index (χ1) is 12.9. The minimum absolute atomic E-state index is 0.105. The molecule has 1 spiro atoms. The van der Waals surface area contributed by atoms with Gasteiger partial charge in [0.1, 0.15) is 0 Å². The molecule has 1 aromatic rings. The third-order valence-corrected chi connectivity index (χ3v) is 5.65. The van der Waals surface area contributed by atoms with E-state index in [1.54, 1.807) is 30.2 Å². The van der Waals surface area contributed by atoms with E-state index in [2.05, 4.69) is 5.32 Å². The lowest BCUT2D eigenvalue weighted by Gasteiger charge is -2.24. The SMILES string of the molecule is COCCN1CCC2(CCN(C(=O)c3cc(NC(C)=O)ccc3Cl)C2)C1=O. The Morgan fingerprint density at radius 3 is 2.74 bits per heavy atom. The lowest BCUT2D eigenvalue weighted by Crippen LogP contribution is -2.39. The molecule has 1 N–H and O–H groups in total. The second-order valence-electron chi connectivity index (χ2n) is 7.17. The Kier molecular flexibility index (Phi) is 5.72. The first-order valence-electron chi connectivity index (χ1n) is 9.01. The van der Waals surface area contributed by atoms with Crippen molar-refractivity contribution in [2.75, 3.05) is 45.2 Å². The molecule has 2 saturated heterocycles. The Hall–Kier alpha value is -2.12. The van der Waals surface area contributed by atoms with Crippen molar-refractivity contribution in [2.45, 2.75) is 19.8 Å². The number of methoxy groups -OCH3 is 1. The normalized spacial score (nSPS) is 22.0. The van der Waals surface area contributed by atoms with Crippen molar-refractivity contribution in [3.63, 3.8) is 0 Å². The summed E-state index contributed by atoms with van der Waals surface area (Å²) < 4.78 is 5.07. The molecule has 27 heavy (non-hydrogen) atoms. The zero-order chi connectivity index (χ0) is 19.6. The summed E-state index contributed by atoms with van der Waals surface area (Å²) in [7, 11) is 1.62. The predicted molar refractivity (Wildman–Crippen MR) is 102 cm³/mol. The highest BCUT2D eigenvalue weighted by molar-refractivity contribution is 6.34. The van der Waals surface area contributed by atoms with Gasteiger partial charge < -0.3 is 19.9 Å². The first kappa shape index (κ1) is 19.6. The average Bonchev–Trinajstić information content (AvgIpc) is 3.20. The number of nitrogens with zero attached hydrogens (tertiary/aromatic N) is 2. The van der Waals surface area contributed by atoms with E-state index in [1.807, 2.05) is 4.90 Å². The van der Waals surface area contributed by atoms with Gasteiger partial charge in [0.05, 0.1) is 22.6 Å². The molecular formula is C19H24ClN3O4. The number of hydrogen-bond donors (Lipinski definition) is 1. The molecule has 3 rings (SSSR count). The quantitative estimate of drug-likeness (QED) is 0.830. The van der Waals surface area contributed by atoms with Crippen molar-refractivity contribution in [1.82, 2.24) is 9.80 Å². The van der Waals surface area contributed by atoms with Crippen LogP contribution in [0.15, 0.2) is 18.2 Å². The van der Waals surface area contributed by atoms with Crippen LogP contribution in [0.25, 0.3) is 0 Å². The summed E-state index contributed by atoms with van der Waals surface area (Å²) in [6.45, 7) is 4.11. The molecule has 0 saturated carbocycles. The second kappa shape index (κ2) is 7.86. The lowest BCUT2D eigenvalue weighted by atomic mass is 9.85. The summed E-state index contributed by atoms with van der Waals surface area (Å²) in [6.07, 6.45) is 1.41. The number of nitrogens with one attached hydrogen (secondary N) is 1. The fourth-order valence-electron chi connectivity index (χ4n) is 3.87. The van der Waals surface area contributed by atoms with Crippen molar-refractivity contribution in [3.05, 3.63) is 28.8 Å². The van der Waals surface area contributed by atoms with Crippen molar-refractivity contribution in [1.29, 1.82) is 0 Å². The van der Waals surface area contributed by atoms with Gasteiger partial charge in [0.25, 0.3) is 5.91 Å². The second-order valence-corrected chi connectivity index (χ2v) is 7.58. The number of ether oxygens (including phenoxy) is 1. The van der Waals surface area contributed by atoms with Crippen LogP contribution in [0, 0.1) is 5.41 Å². The third-order valence-electron chi connectivity index (χ3n) is 5.32. The summed E-state index contributed by atoms with van der Waals surface area (Å²) >= 11 is 6.22. The molecule has 2 fully saturated rings. The van der Waals surface area contributed by atoms with Gasteiger partial charge in [-0.2, -0.15) is 0 Å². The van der Waals surface area contributed by atoms with Crippen LogP contribution >= 0.6 is 11.6 Å². The van der Waals surface area contributed by atoms with E-state index >= 15 is 0 Å². The van der Waals surface area contributed by atoms with Crippen LogP contribution in [0.1, 0.15) is 30.1 Å². The maximum atomic E-state index is 13.0. The molecular weight excluding hydrogens is 370 g/mol. The van der Waals surface area contributed by atoms with Crippen molar-refractivity contribution in [2.24, 2.45) is 5.41 Å². The van der Waals surface area contributed by atoms with E-state index in [-0.39, 0.29) is 17.7 Å². The standard InChI is InChI=1S/C19H24ClN3O4/c1-13(24)21-14-3-4-16(20)15(11-14)17(25)23-8-6-19(12-23)5-7-22(18(19)26)9-10-27-2/h3-4,11H,5-10,12H2,1-2H3,(H,21,24). The molecule has 2 aliphatic rings. The fourth-order valence-corrected chi connectivity index (χ4v) is 4.07. The number of carbonyl (C=O) groups excluding carboxylic acids is 3. The van der Waals surface area contributed by atoms with E-state index in [1.165, 1.54) is 6.92 Å². The van der Waals surface area contributed by atoms with E-state index < -0.39 is 5.41 Å². The van der Waals surface area contributed by atoms with E-state index in [9.17, 15) is 14.4 Å². The van der Waals surface area contributed by atoms with Crippen LogP contribution in [-0.4, -0.2) is 67.4 Å². The Balaban J connectivity index is 1.73. The summed E-state index contributed by atoms with van der Waals surface area (Å²) in [5.74, 6) is -0.330. The minimum Gasteiger partial charge on any atom is -0.383 e. The number of rotatable bonds is 5. The summed E-state index contributed by atoms with van der Waals surface area (Å²) in [6, 6.07) is 4.83. The molecule has 7 nitrogen and oxygen atoms in total. The van der Waals surface area contributed by atoms with Crippen LogP contribution in [0.5, 0.6) is 0 Å². The molecule has 8 heteroatoms. The third kappa shape index (κ3) is 3.94. The van der Waals surface area contributed by atoms with Crippen molar-refractivity contribution in [3.8, 4) is 0 Å². The zero-order valence-corrected chi connectivity index (χ0v) is 16.3. The molecule has 0 aliphatic carbocycles. The largest absolute Gasteiger partial charge is 0.383 e. The lowest BCUT2D eigenvalue weighted by molar-refractivity contribution is -0.135. The van der Waals surface area contributed by atoms with Gasteiger partial charge in [-0.1, -0.05) is 11.6 Å². The number of amides is 3. The molecule has 2 aliphatic heterocycles. The highest BCUT2D eigenvalue weighted by Crippen LogP contribution is 2.41. The van der Waals surface area contributed by atoms with Gasteiger partial charge in [-0.05, 0) is 31.0 Å². The topological polar surface area (TPSA) is 79.0 Å². The molecule has 3 amide bonds. The number of likely N-dealkylation sites (tertiary alicyclic amines) is 2. The molecule has 1 aromatic carbocycles. The Bertz CT molecular complexity index is 769. The van der Waals surface area contributed by atoms with Crippen molar-refractivity contribution < 1.29 is 19.1 Å². The first-order valence-corrected chi connectivity index (χ1v) is 9.39. The van der Waals surface area contributed by atoms with Crippen LogP contribution in [0.2, 0.25) is 5.02 Å². The predicted octanol–water partition coefficient (Wildman–Crippen LogP) is 2.01. The number of anilines is 1. The highest BCUT2D eigenvalue weighted by Gasteiger charge is 2.51. The van der Waals surface area contributed by atoms with Gasteiger partial charge in [-0.25, -0.2) is 0 Å². The van der Waals surface area contributed by atoms with Gasteiger partial charge >= 0.3 is 0 Å². The van der Waals surface area contributed by atoms with Gasteiger partial charge in [-0.3, -0.25) is 14.4 Å². The maximum absolute atomic E-state index is 13.0. The number of halogens is 1. The number of carbonyl (C=O) groups is 3. The molecule has 0 radical (unpaired) electrons. The molecule has 0 bridgehead atoms.